The van der Waals surface area contributed by atoms with E-state index in [0.717, 1.165) is 6.42 Å². The minimum atomic E-state index is -0.194. The third kappa shape index (κ3) is 4.32. The van der Waals surface area contributed by atoms with Crippen LogP contribution < -0.4 is 10.6 Å². The molecule has 0 saturated heterocycles. The second-order valence-corrected chi connectivity index (χ2v) is 7.92. The van der Waals surface area contributed by atoms with Gasteiger partial charge in [0, 0.05) is 30.9 Å². The standard InChI is InChI=1S/C21H26N4O2/c1-14-12-21(2,3)15(13-24-19(26)16-8-4-6-10-22-16)18(14)25-20(27)17-9-5-7-11-23-17/h4-11,14-15,18H,12-13H2,1-3H3,(H,24,26)(H,25,27)/t14-,15+,18+/m1/s1. The molecule has 0 aromatic carbocycles. The molecule has 1 aliphatic rings. The summed E-state index contributed by atoms with van der Waals surface area (Å²) < 4.78 is 0. The highest BCUT2D eigenvalue weighted by Gasteiger charge is 2.46. The molecule has 0 spiro atoms. The quantitative estimate of drug-likeness (QED) is 0.852. The van der Waals surface area contributed by atoms with Crippen LogP contribution in [0.2, 0.25) is 0 Å². The molecule has 2 heterocycles. The van der Waals surface area contributed by atoms with Crippen LogP contribution in [0.4, 0.5) is 0 Å². The molecule has 1 aliphatic carbocycles. The van der Waals surface area contributed by atoms with Crippen LogP contribution in [-0.4, -0.2) is 34.4 Å². The molecule has 0 unspecified atom stereocenters. The van der Waals surface area contributed by atoms with Crippen LogP contribution >= 0.6 is 0 Å². The molecule has 2 aromatic rings. The number of carbonyl (C=O) groups is 2. The van der Waals surface area contributed by atoms with E-state index in [1.165, 1.54) is 0 Å². The van der Waals surface area contributed by atoms with Gasteiger partial charge < -0.3 is 10.6 Å². The van der Waals surface area contributed by atoms with E-state index in [4.69, 9.17) is 0 Å². The van der Waals surface area contributed by atoms with Gasteiger partial charge in [-0.25, -0.2) is 0 Å². The van der Waals surface area contributed by atoms with Crippen molar-refractivity contribution in [2.45, 2.75) is 33.2 Å². The zero-order chi connectivity index (χ0) is 19.4. The van der Waals surface area contributed by atoms with E-state index in [1.807, 2.05) is 0 Å². The minimum Gasteiger partial charge on any atom is -0.350 e. The molecule has 27 heavy (non-hydrogen) atoms. The van der Waals surface area contributed by atoms with Gasteiger partial charge in [-0.3, -0.25) is 19.6 Å². The summed E-state index contributed by atoms with van der Waals surface area (Å²) in [6, 6.07) is 10.5. The Balaban J connectivity index is 1.70. The number of aromatic nitrogens is 2. The van der Waals surface area contributed by atoms with Gasteiger partial charge in [-0.1, -0.05) is 32.9 Å². The zero-order valence-electron chi connectivity index (χ0n) is 16.0. The zero-order valence-corrected chi connectivity index (χ0v) is 16.0. The number of pyridine rings is 2. The number of rotatable bonds is 5. The van der Waals surface area contributed by atoms with Crippen molar-refractivity contribution in [3.8, 4) is 0 Å². The van der Waals surface area contributed by atoms with E-state index in [9.17, 15) is 9.59 Å². The van der Waals surface area contributed by atoms with Crippen molar-refractivity contribution in [3.05, 3.63) is 60.2 Å². The lowest BCUT2D eigenvalue weighted by molar-refractivity contribution is 0.0889. The first-order valence-electron chi connectivity index (χ1n) is 9.29. The van der Waals surface area contributed by atoms with Crippen LogP contribution in [0.25, 0.3) is 0 Å². The number of amides is 2. The lowest BCUT2D eigenvalue weighted by Crippen LogP contribution is -2.47. The smallest absolute Gasteiger partial charge is 0.270 e. The summed E-state index contributed by atoms with van der Waals surface area (Å²) in [5.74, 6) is 0.0594. The number of nitrogens with one attached hydrogen (secondary N) is 2. The average Bonchev–Trinajstić information content (AvgIpc) is 2.88. The maximum absolute atomic E-state index is 12.6. The van der Waals surface area contributed by atoms with E-state index in [0.29, 0.717) is 23.9 Å². The Hall–Kier alpha value is -2.76. The highest BCUT2D eigenvalue weighted by Crippen LogP contribution is 2.45. The Bertz CT molecular complexity index is 792. The van der Waals surface area contributed by atoms with Crippen LogP contribution in [0, 0.1) is 17.3 Å². The summed E-state index contributed by atoms with van der Waals surface area (Å²) in [6.45, 7) is 7.01. The molecule has 2 aromatic heterocycles. The lowest BCUT2D eigenvalue weighted by Gasteiger charge is -2.31. The van der Waals surface area contributed by atoms with Gasteiger partial charge in [0.1, 0.15) is 11.4 Å². The second-order valence-electron chi connectivity index (χ2n) is 7.92. The first-order chi connectivity index (χ1) is 12.9. The van der Waals surface area contributed by atoms with Gasteiger partial charge >= 0.3 is 0 Å². The molecule has 0 bridgehead atoms. The normalized spacial score (nSPS) is 23.6. The third-order valence-electron chi connectivity index (χ3n) is 5.47. The average molecular weight is 366 g/mol. The van der Waals surface area contributed by atoms with E-state index in [2.05, 4.69) is 41.4 Å². The monoisotopic (exact) mass is 366 g/mol. The molecule has 142 valence electrons. The highest BCUT2D eigenvalue weighted by atomic mass is 16.2. The summed E-state index contributed by atoms with van der Waals surface area (Å²) in [6.07, 6.45) is 4.19. The second kappa shape index (κ2) is 7.86. The number of nitrogens with zero attached hydrogens (tertiary/aromatic N) is 2. The molecule has 0 radical (unpaired) electrons. The van der Waals surface area contributed by atoms with Gasteiger partial charge in [-0.05, 0) is 42.0 Å². The van der Waals surface area contributed by atoms with Crippen LogP contribution in [0.3, 0.4) is 0 Å². The Labute approximate surface area is 159 Å². The third-order valence-corrected chi connectivity index (χ3v) is 5.47. The lowest BCUT2D eigenvalue weighted by atomic mass is 9.80. The molecule has 2 amide bonds. The van der Waals surface area contributed by atoms with Gasteiger partial charge in [0.2, 0.25) is 0 Å². The molecule has 2 N–H and O–H groups in total. The van der Waals surface area contributed by atoms with Gasteiger partial charge in [0.25, 0.3) is 11.8 Å². The van der Waals surface area contributed by atoms with Crippen molar-refractivity contribution in [2.24, 2.45) is 17.3 Å². The van der Waals surface area contributed by atoms with Gasteiger partial charge in [-0.15, -0.1) is 0 Å². The van der Waals surface area contributed by atoms with E-state index >= 15 is 0 Å². The first-order valence-corrected chi connectivity index (χ1v) is 9.29. The topological polar surface area (TPSA) is 84.0 Å². The highest BCUT2D eigenvalue weighted by molar-refractivity contribution is 5.93. The molecular formula is C21H26N4O2. The maximum Gasteiger partial charge on any atom is 0.270 e. The van der Waals surface area contributed by atoms with Crippen LogP contribution in [-0.2, 0) is 0 Å². The molecule has 3 rings (SSSR count). The summed E-state index contributed by atoms with van der Waals surface area (Å²) in [4.78, 5) is 33.2. The summed E-state index contributed by atoms with van der Waals surface area (Å²) in [5, 5.41) is 6.14. The Morgan fingerprint density at radius 1 is 1.04 bits per heavy atom. The molecule has 3 atom stereocenters. The van der Waals surface area contributed by atoms with Gasteiger partial charge in [-0.2, -0.15) is 0 Å². The van der Waals surface area contributed by atoms with E-state index in [1.54, 1.807) is 48.8 Å². The molecule has 0 aliphatic heterocycles. The van der Waals surface area contributed by atoms with Crippen molar-refractivity contribution in [2.75, 3.05) is 6.54 Å². The summed E-state index contributed by atoms with van der Waals surface area (Å²) in [7, 11) is 0. The largest absolute Gasteiger partial charge is 0.350 e. The Kier molecular flexibility index (Phi) is 5.54. The van der Waals surface area contributed by atoms with Crippen LogP contribution in [0.15, 0.2) is 48.8 Å². The molecule has 6 nitrogen and oxygen atoms in total. The first kappa shape index (κ1) is 19.0. The number of carbonyl (C=O) groups excluding carboxylic acids is 2. The molecular weight excluding hydrogens is 340 g/mol. The molecule has 1 fully saturated rings. The Morgan fingerprint density at radius 3 is 2.19 bits per heavy atom. The fourth-order valence-corrected chi connectivity index (χ4v) is 4.15. The number of hydrogen-bond donors (Lipinski definition) is 2. The van der Waals surface area contributed by atoms with Crippen molar-refractivity contribution in [1.82, 2.24) is 20.6 Å². The predicted molar refractivity (Wildman–Crippen MR) is 103 cm³/mol. The molecule has 6 heteroatoms. The minimum absolute atomic E-state index is 0.00111. The maximum atomic E-state index is 12.6. The fourth-order valence-electron chi connectivity index (χ4n) is 4.15. The molecule has 1 saturated carbocycles. The van der Waals surface area contributed by atoms with Crippen LogP contribution in [0.1, 0.15) is 48.2 Å². The summed E-state index contributed by atoms with van der Waals surface area (Å²) in [5.41, 5.74) is 0.805. The van der Waals surface area contributed by atoms with Crippen molar-refractivity contribution in [3.63, 3.8) is 0 Å². The van der Waals surface area contributed by atoms with E-state index in [-0.39, 0.29) is 29.2 Å². The van der Waals surface area contributed by atoms with Crippen LogP contribution in [0.5, 0.6) is 0 Å². The summed E-state index contributed by atoms with van der Waals surface area (Å²) >= 11 is 0. The fraction of sp³-hybridized carbons (Fsp3) is 0.429. The van der Waals surface area contributed by atoms with Crippen molar-refractivity contribution >= 4 is 11.8 Å². The van der Waals surface area contributed by atoms with E-state index < -0.39 is 0 Å². The van der Waals surface area contributed by atoms with Crippen molar-refractivity contribution in [1.29, 1.82) is 0 Å². The predicted octanol–water partition coefficient (Wildman–Crippen LogP) is 2.69. The SMILES string of the molecule is C[C@@H]1CC(C)(C)[C@@H](CNC(=O)c2ccccn2)[C@H]1NC(=O)c1ccccn1. The number of hydrogen-bond acceptors (Lipinski definition) is 4. The van der Waals surface area contributed by atoms with Gasteiger partial charge in [0.05, 0.1) is 0 Å². The van der Waals surface area contributed by atoms with Crippen molar-refractivity contribution < 1.29 is 9.59 Å². The Morgan fingerprint density at radius 2 is 1.63 bits per heavy atom. The van der Waals surface area contributed by atoms with Gasteiger partial charge in [0.15, 0.2) is 0 Å².